The van der Waals surface area contributed by atoms with Crippen molar-refractivity contribution in [2.75, 3.05) is 12.8 Å². The maximum atomic E-state index is 11.4. The van der Waals surface area contributed by atoms with E-state index in [0.29, 0.717) is 5.56 Å². The van der Waals surface area contributed by atoms with E-state index in [9.17, 15) is 4.79 Å². The molecule has 0 saturated carbocycles. The Morgan fingerprint density at radius 2 is 2.25 bits per heavy atom. The summed E-state index contributed by atoms with van der Waals surface area (Å²) in [5.74, 6) is -0.329. The third-order valence-corrected chi connectivity index (χ3v) is 2.67. The summed E-state index contributed by atoms with van der Waals surface area (Å²) in [4.78, 5) is 11.4. The number of fused-ring (bicyclic) bond motifs is 1. The van der Waals surface area contributed by atoms with Gasteiger partial charge in [0.25, 0.3) is 0 Å². The lowest BCUT2D eigenvalue weighted by Gasteiger charge is -2.02. The van der Waals surface area contributed by atoms with Gasteiger partial charge in [-0.15, -0.1) is 0 Å². The third kappa shape index (κ3) is 1.52. The van der Waals surface area contributed by atoms with E-state index in [-0.39, 0.29) is 5.97 Å². The number of nitrogen functional groups attached to an aromatic ring is 1. The molecule has 0 bridgehead atoms. The van der Waals surface area contributed by atoms with E-state index in [0.717, 1.165) is 23.1 Å². The first-order chi connectivity index (χ1) is 7.67. The number of benzene rings is 1. The molecule has 1 aromatic heterocycles. The normalized spacial score (nSPS) is 10.6. The van der Waals surface area contributed by atoms with Crippen LogP contribution in [-0.4, -0.2) is 17.6 Å². The first kappa shape index (κ1) is 10.5. The number of carbonyl (C=O) groups is 1. The molecule has 4 nitrogen and oxygen atoms in total. The minimum absolute atomic E-state index is 0.329. The van der Waals surface area contributed by atoms with Crippen molar-refractivity contribution in [3.63, 3.8) is 0 Å². The van der Waals surface area contributed by atoms with Gasteiger partial charge in [-0.25, -0.2) is 4.79 Å². The van der Waals surface area contributed by atoms with Crippen LogP contribution in [0.4, 0.5) is 5.69 Å². The second kappa shape index (κ2) is 3.89. The standard InChI is InChI=1S/C12H14N2O2/c1-3-14-7-10(13)9-5-4-8(6-11(9)14)12(15)16-2/h4-7H,3,13H2,1-2H3. The molecule has 0 unspecified atom stereocenters. The van der Waals surface area contributed by atoms with Gasteiger partial charge in [-0.05, 0) is 25.1 Å². The Morgan fingerprint density at radius 1 is 1.50 bits per heavy atom. The molecule has 0 saturated heterocycles. The molecule has 2 rings (SSSR count). The van der Waals surface area contributed by atoms with Crippen LogP contribution in [0.2, 0.25) is 0 Å². The maximum absolute atomic E-state index is 11.4. The molecule has 84 valence electrons. The summed E-state index contributed by atoms with van der Waals surface area (Å²) in [6, 6.07) is 5.38. The molecule has 0 spiro atoms. The summed E-state index contributed by atoms with van der Waals surface area (Å²) in [6.45, 7) is 2.85. The van der Waals surface area contributed by atoms with Crippen LogP contribution in [0, 0.1) is 0 Å². The number of nitrogens with zero attached hydrogens (tertiary/aromatic N) is 1. The number of ether oxygens (including phenoxy) is 1. The number of carbonyl (C=O) groups excluding carboxylic acids is 1. The molecule has 4 heteroatoms. The van der Waals surface area contributed by atoms with Crippen molar-refractivity contribution in [1.82, 2.24) is 4.57 Å². The van der Waals surface area contributed by atoms with Crippen molar-refractivity contribution in [1.29, 1.82) is 0 Å². The summed E-state index contributed by atoms with van der Waals surface area (Å²) in [6.07, 6.45) is 1.88. The Balaban J connectivity index is 2.64. The Labute approximate surface area is 93.6 Å². The quantitative estimate of drug-likeness (QED) is 0.784. The van der Waals surface area contributed by atoms with Crippen molar-refractivity contribution in [2.45, 2.75) is 13.5 Å². The zero-order chi connectivity index (χ0) is 11.7. The van der Waals surface area contributed by atoms with Gasteiger partial charge in [0.2, 0.25) is 0 Å². The molecule has 0 atom stereocenters. The van der Waals surface area contributed by atoms with Gasteiger partial charge < -0.3 is 15.0 Å². The zero-order valence-electron chi connectivity index (χ0n) is 9.36. The molecule has 1 aromatic carbocycles. The molecule has 1 heterocycles. The van der Waals surface area contributed by atoms with E-state index < -0.39 is 0 Å². The predicted octanol–water partition coefficient (Wildman–Crippen LogP) is 2.03. The third-order valence-electron chi connectivity index (χ3n) is 2.67. The molecule has 0 aliphatic rings. The van der Waals surface area contributed by atoms with Crippen molar-refractivity contribution >= 4 is 22.6 Å². The summed E-state index contributed by atoms with van der Waals surface area (Å²) >= 11 is 0. The van der Waals surface area contributed by atoms with Gasteiger partial charge in [0.05, 0.1) is 23.9 Å². The Morgan fingerprint density at radius 3 is 2.88 bits per heavy atom. The van der Waals surface area contributed by atoms with Gasteiger partial charge in [-0.1, -0.05) is 0 Å². The van der Waals surface area contributed by atoms with Crippen LogP contribution >= 0.6 is 0 Å². The zero-order valence-corrected chi connectivity index (χ0v) is 9.36. The number of aromatic nitrogens is 1. The number of nitrogens with two attached hydrogens (primary N) is 1. The van der Waals surface area contributed by atoms with Crippen molar-refractivity contribution in [3.8, 4) is 0 Å². The number of esters is 1. The average molecular weight is 218 g/mol. The van der Waals surface area contributed by atoms with Crippen molar-refractivity contribution < 1.29 is 9.53 Å². The van der Waals surface area contributed by atoms with Crippen LogP contribution in [0.5, 0.6) is 0 Å². The predicted molar refractivity (Wildman–Crippen MR) is 63.4 cm³/mol. The largest absolute Gasteiger partial charge is 0.465 e. The lowest BCUT2D eigenvalue weighted by molar-refractivity contribution is 0.0601. The molecule has 0 aliphatic heterocycles. The van der Waals surface area contributed by atoms with Crippen LogP contribution in [-0.2, 0) is 11.3 Å². The van der Waals surface area contributed by atoms with E-state index in [1.54, 1.807) is 12.1 Å². The fourth-order valence-electron chi connectivity index (χ4n) is 1.83. The molecule has 0 aliphatic carbocycles. The van der Waals surface area contributed by atoms with Crippen LogP contribution in [0.25, 0.3) is 10.9 Å². The molecular formula is C12H14N2O2. The molecule has 16 heavy (non-hydrogen) atoms. The lowest BCUT2D eigenvalue weighted by atomic mass is 10.1. The SMILES string of the molecule is CCn1cc(N)c2ccc(C(=O)OC)cc21. The Kier molecular flexibility index (Phi) is 2.56. The molecule has 0 radical (unpaired) electrons. The van der Waals surface area contributed by atoms with E-state index in [1.165, 1.54) is 7.11 Å². The van der Waals surface area contributed by atoms with Crippen molar-refractivity contribution in [2.24, 2.45) is 0 Å². The number of hydrogen-bond acceptors (Lipinski definition) is 3. The highest BCUT2D eigenvalue weighted by Gasteiger charge is 2.10. The highest BCUT2D eigenvalue weighted by atomic mass is 16.5. The van der Waals surface area contributed by atoms with Crippen molar-refractivity contribution in [3.05, 3.63) is 30.0 Å². The maximum Gasteiger partial charge on any atom is 0.337 e. The number of anilines is 1. The monoisotopic (exact) mass is 218 g/mol. The van der Waals surface area contributed by atoms with Gasteiger partial charge >= 0.3 is 5.97 Å². The van der Waals surface area contributed by atoms with Gasteiger partial charge in [-0.3, -0.25) is 0 Å². The first-order valence-corrected chi connectivity index (χ1v) is 5.14. The Bertz CT molecular complexity index is 543. The Hall–Kier alpha value is -1.97. The van der Waals surface area contributed by atoms with Gasteiger partial charge in [0.15, 0.2) is 0 Å². The fourth-order valence-corrected chi connectivity index (χ4v) is 1.83. The highest BCUT2D eigenvalue weighted by molar-refractivity contribution is 5.98. The molecular weight excluding hydrogens is 204 g/mol. The second-order valence-electron chi connectivity index (χ2n) is 3.59. The topological polar surface area (TPSA) is 57.2 Å². The summed E-state index contributed by atoms with van der Waals surface area (Å²) in [5.41, 5.74) is 8.11. The highest BCUT2D eigenvalue weighted by Crippen LogP contribution is 2.24. The average Bonchev–Trinajstić information content (AvgIpc) is 2.64. The van der Waals surface area contributed by atoms with E-state index in [2.05, 4.69) is 4.74 Å². The van der Waals surface area contributed by atoms with E-state index >= 15 is 0 Å². The molecule has 2 aromatic rings. The number of hydrogen-bond donors (Lipinski definition) is 1. The molecule has 0 fully saturated rings. The first-order valence-electron chi connectivity index (χ1n) is 5.14. The van der Waals surface area contributed by atoms with Crippen LogP contribution < -0.4 is 5.73 Å². The second-order valence-corrected chi connectivity index (χ2v) is 3.59. The number of rotatable bonds is 2. The summed E-state index contributed by atoms with van der Waals surface area (Å²) in [5, 5.41) is 0.967. The minimum Gasteiger partial charge on any atom is -0.465 e. The van der Waals surface area contributed by atoms with Gasteiger partial charge in [0, 0.05) is 18.1 Å². The fraction of sp³-hybridized carbons (Fsp3) is 0.250. The van der Waals surface area contributed by atoms with Crippen LogP contribution in [0.3, 0.4) is 0 Å². The minimum atomic E-state index is -0.329. The number of aryl methyl sites for hydroxylation is 1. The van der Waals surface area contributed by atoms with Gasteiger partial charge in [-0.2, -0.15) is 0 Å². The van der Waals surface area contributed by atoms with E-state index in [4.69, 9.17) is 5.73 Å². The van der Waals surface area contributed by atoms with E-state index in [1.807, 2.05) is 23.8 Å². The van der Waals surface area contributed by atoms with Crippen LogP contribution in [0.1, 0.15) is 17.3 Å². The molecule has 2 N–H and O–H groups in total. The summed E-state index contributed by atoms with van der Waals surface area (Å²) < 4.78 is 6.70. The lowest BCUT2D eigenvalue weighted by Crippen LogP contribution is -2.01. The summed E-state index contributed by atoms with van der Waals surface area (Å²) in [7, 11) is 1.37. The smallest absolute Gasteiger partial charge is 0.337 e. The number of methoxy groups -OCH3 is 1. The van der Waals surface area contributed by atoms with Crippen LogP contribution in [0.15, 0.2) is 24.4 Å². The molecule has 0 amide bonds. The van der Waals surface area contributed by atoms with Gasteiger partial charge in [0.1, 0.15) is 0 Å².